The average Bonchev–Trinajstić information content (AvgIpc) is 2.56. The lowest BCUT2D eigenvalue weighted by Gasteiger charge is -2.38. The van der Waals surface area contributed by atoms with E-state index in [0.717, 1.165) is 0 Å². The summed E-state index contributed by atoms with van der Waals surface area (Å²) in [6, 6.07) is 5.95. The number of hydrogen-bond acceptors (Lipinski definition) is 8. The van der Waals surface area contributed by atoms with E-state index in [1.54, 1.807) is 12.1 Å². The van der Waals surface area contributed by atoms with E-state index in [9.17, 15) is 24.9 Å². The van der Waals surface area contributed by atoms with Crippen LogP contribution in [0.5, 0.6) is 5.75 Å². The van der Waals surface area contributed by atoms with Crippen LogP contribution in [0.15, 0.2) is 24.3 Å². The van der Waals surface area contributed by atoms with Crippen molar-refractivity contribution in [2.75, 3.05) is 11.9 Å². The Balaban J connectivity index is 2.20. The second-order valence-electron chi connectivity index (χ2n) is 5.06. The molecule has 0 aliphatic carbocycles. The average molecular weight is 343 g/mol. The van der Waals surface area contributed by atoms with Gasteiger partial charge in [0.05, 0.1) is 5.69 Å². The molecule has 0 saturated carbocycles. The maximum atomic E-state index is 11.3. The summed E-state index contributed by atoms with van der Waals surface area (Å²) in [7, 11) is 0. The summed E-state index contributed by atoms with van der Waals surface area (Å²) in [4.78, 5) is 22.3. The first-order chi connectivity index (χ1) is 11.3. The zero-order valence-electron chi connectivity index (χ0n) is 12.3. The summed E-state index contributed by atoms with van der Waals surface area (Å²) in [5.74, 6) is -2.24. The summed E-state index contributed by atoms with van der Waals surface area (Å²) >= 11 is 0. The molecule has 1 heterocycles. The van der Waals surface area contributed by atoms with E-state index in [4.69, 9.17) is 19.7 Å². The molecule has 0 unspecified atom stereocenters. The molecule has 1 aromatic carbocycles. The number of aliphatic hydroxyl groups is 4. The molecule has 1 saturated heterocycles. The minimum Gasteiger partial charge on any atom is -0.479 e. The van der Waals surface area contributed by atoms with Crippen molar-refractivity contribution in [1.82, 2.24) is 0 Å². The second kappa shape index (κ2) is 7.55. The van der Waals surface area contributed by atoms with Gasteiger partial charge in [-0.15, -0.1) is 0 Å². The molecule has 10 heteroatoms. The zero-order chi connectivity index (χ0) is 17.9. The van der Waals surface area contributed by atoms with Crippen LogP contribution in [0.4, 0.5) is 5.69 Å². The molecule has 0 aromatic heterocycles. The van der Waals surface area contributed by atoms with Crippen molar-refractivity contribution < 1.29 is 44.6 Å². The van der Waals surface area contributed by atoms with Gasteiger partial charge in [-0.25, -0.2) is 4.79 Å². The molecule has 24 heavy (non-hydrogen) atoms. The van der Waals surface area contributed by atoms with Crippen molar-refractivity contribution in [3.05, 3.63) is 24.3 Å². The fourth-order valence-corrected chi connectivity index (χ4v) is 2.14. The Bertz CT molecular complexity index is 608. The molecule has 0 bridgehead atoms. The quantitative estimate of drug-likeness (QED) is 0.351. The van der Waals surface area contributed by atoms with Crippen LogP contribution in [0.1, 0.15) is 0 Å². The molecule has 5 atom stereocenters. The van der Waals surface area contributed by atoms with Crippen molar-refractivity contribution in [2.45, 2.75) is 30.7 Å². The molecule has 132 valence electrons. The number of carbonyl (C=O) groups excluding carboxylic acids is 1. The Hall–Kier alpha value is -2.24. The van der Waals surface area contributed by atoms with Gasteiger partial charge in [0, 0.05) is 0 Å². The van der Waals surface area contributed by atoms with Crippen molar-refractivity contribution >= 4 is 17.6 Å². The Morgan fingerprint density at radius 3 is 2.42 bits per heavy atom. The number of aliphatic carboxylic acids is 1. The highest BCUT2D eigenvalue weighted by atomic mass is 16.7. The van der Waals surface area contributed by atoms with E-state index in [1.165, 1.54) is 12.1 Å². The number of para-hydroxylation sites is 2. The Labute approximate surface area is 135 Å². The fraction of sp³-hybridized carbons (Fsp3) is 0.429. The molecule has 10 nitrogen and oxygen atoms in total. The van der Waals surface area contributed by atoms with Crippen LogP contribution in [-0.2, 0) is 14.3 Å². The number of carbonyl (C=O) groups is 2. The standard InChI is InChI=1S/C14H17NO9/c16-5-8(17)15-6-3-1-2-4-7(6)23-14-11(20)9(18)10(19)12(24-14)13(21)22/h1-4,9-12,14,16,18-20H,5H2,(H,15,17)(H,21,22)/t9-,10-,11+,12-,14+/m0/s1. The normalized spacial score (nSPS) is 29.8. The molecule has 6 N–H and O–H groups in total. The molecule has 0 spiro atoms. The molecule has 1 aliphatic heterocycles. The first-order valence-electron chi connectivity index (χ1n) is 6.94. The highest BCUT2D eigenvalue weighted by Gasteiger charge is 2.48. The van der Waals surface area contributed by atoms with Crippen LogP contribution in [0, 0.1) is 0 Å². The third-order valence-corrected chi connectivity index (χ3v) is 3.36. The lowest BCUT2D eigenvalue weighted by atomic mass is 9.99. The third-order valence-electron chi connectivity index (χ3n) is 3.36. The lowest BCUT2D eigenvalue weighted by Crippen LogP contribution is -2.61. The van der Waals surface area contributed by atoms with Gasteiger partial charge in [0.15, 0.2) is 6.10 Å². The Morgan fingerprint density at radius 1 is 1.12 bits per heavy atom. The first kappa shape index (κ1) is 18.1. The summed E-state index contributed by atoms with van der Waals surface area (Å²) in [5, 5.41) is 49.3. The van der Waals surface area contributed by atoms with Crippen LogP contribution in [0.2, 0.25) is 0 Å². The van der Waals surface area contributed by atoms with Gasteiger partial charge >= 0.3 is 5.97 Å². The van der Waals surface area contributed by atoms with Crippen LogP contribution in [-0.4, -0.2) is 74.7 Å². The van der Waals surface area contributed by atoms with Crippen molar-refractivity contribution in [2.24, 2.45) is 0 Å². The summed E-state index contributed by atoms with van der Waals surface area (Å²) in [5.41, 5.74) is 0.139. The maximum absolute atomic E-state index is 11.3. The minimum atomic E-state index is -1.83. The largest absolute Gasteiger partial charge is 0.479 e. The van der Waals surface area contributed by atoms with Crippen molar-refractivity contribution in [3.63, 3.8) is 0 Å². The summed E-state index contributed by atoms with van der Waals surface area (Å²) in [6.45, 7) is -0.761. The summed E-state index contributed by atoms with van der Waals surface area (Å²) < 4.78 is 10.3. The highest BCUT2D eigenvalue weighted by molar-refractivity contribution is 5.92. The van der Waals surface area contributed by atoms with Crippen molar-refractivity contribution in [1.29, 1.82) is 0 Å². The van der Waals surface area contributed by atoms with E-state index >= 15 is 0 Å². The van der Waals surface area contributed by atoms with Gasteiger partial charge < -0.3 is 40.3 Å². The number of benzene rings is 1. The van der Waals surface area contributed by atoms with E-state index in [0.29, 0.717) is 0 Å². The number of carboxylic acid groups (broad SMARTS) is 1. The molecule has 1 aliphatic rings. The molecule has 2 rings (SSSR count). The number of ether oxygens (including phenoxy) is 2. The van der Waals surface area contributed by atoms with E-state index < -0.39 is 49.2 Å². The highest BCUT2D eigenvalue weighted by Crippen LogP contribution is 2.29. The fourth-order valence-electron chi connectivity index (χ4n) is 2.14. The topological polar surface area (TPSA) is 166 Å². The predicted molar refractivity (Wildman–Crippen MR) is 77.1 cm³/mol. The number of amides is 1. The molecule has 1 aromatic rings. The van der Waals surface area contributed by atoms with Crippen molar-refractivity contribution in [3.8, 4) is 5.75 Å². The number of hydrogen-bond donors (Lipinski definition) is 6. The van der Waals surface area contributed by atoms with Gasteiger partial charge in [-0.1, -0.05) is 12.1 Å². The Kier molecular flexibility index (Phi) is 5.70. The first-order valence-corrected chi connectivity index (χ1v) is 6.94. The third kappa shape index (κ3) is 3.80. The molecule has 0 radical (unpaired) electrons. The van der Waals surface area contributed by atoms with E-state index in [2.05, 4.69) is 5.32 Å². The van der Waals surface area contributed by atoms with E-state index in [1.807, 2.05) is 0 Å². The monoisotopic (exact) mass is 343 g/mol. The Morgan fingerprint density at radius 2 is 1.79 bits per heavy atom. The molecular weight excluding hydrogens is 326 g/mol. The molecule has 1 fully saturated rings. The van der Waals surface area contributed by atoms with Crippen LogP contribution in [0.25, 0.3) is 0 Å². The number of anilines is 1. The number of rotatable bonds is 5. The van der Waals surface area contributed by atoms with Gasteiger partial charge in [0.1, 0.15) is 30.7 Å². The SMILES string of the molecule is O=C(CO)Nc1ccccc1O[C@@H]1O[C@H](C(=O)O)[C@@H](O)[C@H](O)[C@H]1O. The maximum Gasteiger partial charge on any atom is 0.335 e. The molecule has 1 amide bonds. The van der Waals surface area contributed by atoms with Crippen LogP contribution in [0.3, 0.4) is 0 Å². The molecular formula is C14H17NO9. The number of aliphatic hydroxyl groups excluding tert-OH is 4. The predicted octanol–water partition coefficient (Wildman–Crippen LogP) is -2.11. The van der Waals surface area contributed by atoms with Gasteiger partial charge in [0.2, 0.25) is 12.2 Å². The second-order valence-corrected chi connectivity index (χ2v) is 5.06. The van der Waals surface area contributed by atoms with Gasteiger partial charge in [0.25, 0.3) is 0 Å². The van der Waals surface area contributed by atoms with Crippen LogP contribution < -0.4 is 10.1 Å². The smallest absolute Gasteiger partial charge is 0.335 e. The van der Waals surface area contributed by atoms with Gasteiger partial charge in [-0.2, -0.15) is 0 Å². The van der Waals surface area contributed by atoms with E-state index in [-0.39, 0.29) is 11.4 Å². The minimum absolute atomic E-state index is 0.0103. The summed E-state index contributed by atoms with van der Waals surface area (Å²) in [6.07, 6.45) is -8.76. The van der Waals surface area contributed by atoms with Gasteiger partial charge in [-0.3, -0.25) is 4.79 Å². The zero-order valence-corrected chi connectivity index (χ0v) is 12.3. The number of carboxylic acids is 1. The number of nitrogens with one attached hydrogen (secondary N) is 1. The lowest BCUT2D eigenvalue weighted by molar-refractivity contribution is -0.271. The van der Waals surface area contributed by atoms with Gasteiger partial charge in [-0.05, 0) is 12.1 Å². The van der Waals surface area contributed by atoms with Crippen LogP contribution >= 0.6 is 0 Å².